The highest BCUT2D eigenvalue weighted by Crippen LogP contribution is 2.49. The van der Waals surface area contributed by atoms with Gasteiger partial charge in [0.2, 0.25) is 11.6 Å². The van der Waals surface area contributed by atoms with Gasteiger partial charge in [-0.2, -0.15) is 5.10 Å². The van der Waals surface area contributed by atoms with Crippen LogP contribution in [0.1, 0.15) is 41.6 Å². The average molecular weight is 442 g/mol. The van der Waals surface area contributed by atoms with E-state index in [1.165, 1.54) is 4.90 Å². The quantitative estimate of drug-likeness (QED) is 0.567. The molecule has 2 fully saturated rings. The van der Waals surface area contributed by atoms with Crippen molar-refractivity contribution in [3.63, 3.8) is 0 Å². The zero-order valence-corrected chi connectivity index (χ0v) is 17.9. The lowest BCUT2D eigenvalue weighted by Gasteiger charge is -2.48. The number of hydrogen-bond acceptors (Lipinski definition) is 5. The van der Waals surface area contributed by atoms with Crippen LogP contribution < -0.4 is 4.90 Å². The Kier molecular flexibility index (Phi) is 4.36. The van der Waals surface area contributed by atoms with Crippen molar-refractivity contribution in [1.29, 1.82) is 0 Å². The van der Waals surface area contributed by atoms with E-state index in [9.17, 15) is 14.4 Å². The topological polar surface area (TPSA) is 84.7 Å². The van der Waals surface area contributed by atoms with Gasteiger partial charge in [0.15, 0.2) is 0 Å². The summed E-state index contributed by atoms with van der Waals surface area (Å²) in [7, 11) is 0. The Labute approximate surface area is 190 Å². The van der Waals surface area contributed by atoms with Crippen LogP contribution in [0.15, 0.2) is 67.0 Å². The van der Waals surface area contributed by atoms with Gasteiger partial charge in [0.05, 0.1) is 23.1 Å². The molecule has 0 bridgehead atoms. The molecule has 0 spiro atoms. The van der Waals surface area contributed by atoms with Crippen LogP contribution in [-0.4, -0.2) is 44.2 Å². The van der Waals surface area contributed by atoms with E-state index < -0.39 is 11.6 Å². The first-order valence-electron chi connectivity index (χ1n) is 11.1. The summed E-state index contributed by atoms with van der Waals surface area (Å²) < 4.78 is 7.47. The van der Waals surface area contributed by atoms with Gasteiger partial charge in [-0.25, -0.2) is 9.48 Å². The fraction of sp³-hybridized carbons (Fsp3) is 0.280. The summed E-state index contributed by atoms with van der Waals surface area (Å²) in [6, 6.07) is 16.6. The van der Waals surface area contributed by atoms with Crippen LogP contribution >= 0.6 is 0 Å². The molecule has 1 saturated heterocycles. The van der Waals surface area contributed by atoms with E-state index in [-0.39, 0.29) is 37.3 Å². The standard InChI is InChI=1S/C25H22N4O4/c30-22-12-13-25(24(32)33-16-17-14-26-27(15-17)18-6-2-1-3-7-18)28(19-10-11-19)23(31)20-8-4-5-9-21(20)29(22)25/h1-9,14-15,19H,10-13,16H2/t25-/m1/s1. The van der Waals surface area contributed by atoms with Crippen LogP contribution in [0.25, 0.3) is 5.69 Å². The SMILES string of the molecule is O=C1CC[C@]2(C(=O)OCc3cnn(-c4ccccc4)c3)N1c1ccccc1C(=O)N2C1CC1. The minimum Gasteiger partial charge on any atom is -0.458 e. The number of hydrogen-bond donors (Lipinski definition) is 0. The second-order valence-electron chi connectivity index (χ2n) is 8.67. The Bertz CT molecular complexity index is 1270. The smallest absolute Gasteiger partial charge is 0.354 e. The zero-order valence-electron chi connectivity index (χ0n) is 17.9. The molecule has 6 rings (SSSR count). The van der Waals surface area contributed by atoms with Crippen molar-refractivity contribution >= 4 is 23.5 Å². The van der Waals surface area contributed by atoms with Gasteiger partial charge in [-0.1, -0.05) is 30.3 Å². The van der Waals surface area contributed by atoms with Crippen molar-refractivity contribution in [2.24, 2.45) is 0 Å². The number of nitrogens with zero attached hydrogens (tertiary/aromatic N) is 4. The Morgan fingerprint density at radius 1 is 1.06 bits per heavy atom. The van der Waals surface area contributed by atoms with E-state index in [1.54, 1.807) is 46.2 Å². The molecule has 166 valence electrons. The lowest BCUT2D eigenvalue weighted by molar-refractivity contribution is -0.159. The molecule has 1 aliphatic carbocycles. The number of rotatable bonds is 5. The maximum absolute atomic E-state index is 13.7. The lowest BCUT2D eigenvalue weighted by Crippen LogP contribution is -2.69. The summed E-state index contributed by atoms with van der Waals surface area (Å²) in [5.41, 5.74) is 1.12. The number of carbonyl (C=O) groups excluding carboxylic acids is 3. The summed E-state index contributed by atoms with van der Waals surface area (Å²) in [6.07, 6.45) is 5.49. The van der Waals surface area contributed by atoms with Crippen LogP contribution in [0.5, 0.6) is 0 Å². The summed E-state index contributed by atoms with van der Waals surface area (Å²) >= 11 is 0. The van der Waals surface area contributed by atoms with Gasteiger partial charge in [0.1, 0.15) is 6.61 Å². The molecule has 0 N–H and O–H groups in total. The highest BCUT2D eigenvalue weighted by molar-refractivity contribution is 6.15. The molecule has 1 aromatic heterocycles. The third-order valence-corrected chi connectivity index (χ3v) is 6.57. The number of anilines is 1. The first-order chi connectivity index (χ1) is 16.1. The minimum atomic E-state index is -1.43. The van der Waals surface area contributed by atoms with E-state index in [2.05, 4.69) is 5.10 Å². The predicted molar refractivity (Wildman–Crippen MR) is 118 cm³/mol. The first-order valence-corrected chi connectivity index (χ1v) is 11.1. The molecule has 8 nitrogen and oxygen atoms in total. The first kappa shape index (κ1) is 19.7. The van der Waals surface area contributed by atoms with Gasteiger partial charge < -0.3 is 9.64 Å². The average Bonchev–Trinajstić information content (AvgIpc) is 3.45. The van der Waals surface area contributed by atoms with Crippen molar-refractivity contribution < 1.29 is 19.1 Å². The van der Waals surface area contributed by atoms with Crippen molar-refractivity contribution in [3.05, 3.63) is 78.1 Å². The zero-order chi connectivity index (χ0) is 22.6. The van der Waals surface area contributed by atoms with Crippen LogP contribution in [0.2, 0.25) is 0 Å². The number of para-hydroxylation sites is 2. The molecule has 0 unspecified atom stereocenters. The van der Waals surface area contributed by atoms with Gasteiger partial charge in [-0.15, -0.1) is 0 Å². The fourth-order valence-corrected chi connectivity index (χ4v) is 4.93. The van der Waals surface area contributed by atoms with Gasteiger partial charge in [0.25, 0.3) is 5.91 Å². The molecule has 1 atom stereocenters. The number of ether oxygens (including phenoxy) is 1. The normalized spacial score (nSPS) is 21.7. The molecule has 2 amide bonds. The number of fused-ring (bicyclic) bond motifs is 3. The molecule has 2 aromatic carbocycles. The highest BCUT2D eigenvalue weighted by atomic mass is 16.5. The highest BCUT2D eigenvalue weighted by Gasteiger charge is 2.64. The molecule has 3 aliphatic rings. The largest absolute Gasteiger partial charge is 0.458 e. The summed E-state index contributed by atoms with van der Waals surface area (Å²) in [4.78, 5) is 43.2. The number of carbonyl (C=O) groups is 3. The molecule has 8 heteroatoms. The Morgan fingerprint density at radius 2 is 1.82 bits per heavy atom. The van der Waals surface area contributed by atoms with E-state index >= 15 is 0 Å². The molecule has 33 heavy (non-hydrogen) atoms. The number of aromatic nitrogens is 2. The monoisotopic (exact) mass is 442 g/mol. The van der Waals surface area contributed by atoms with Gasteiger partial charge in [-0.3, -0.25) is 14.5 Å². The van der Waals surface area contributed by atoms with Gasteiger partial charge in [0, 0.05) is 30.6 Å². The molecule has 2 aliphatic heterocycles. The Hall–Kier alpha value is -3.94. The number of benzene rings is 2. The Morgan fingerprint density at radius 3 is 2.61 bits per heavy atom. The second kappa shape index (κ2) is 7.30. The van der Waals surface area contributed by atoms with E-state index in [1.807, 2.05) is 30.3 Å². The molecule has 3 aromatic rings. The molecular weight excluding hydrogens is 420 g/mol. The predicted octanol–water partition coefficient (Wildman–Crippen LogP) is 3.06. The van der Waals surface area contributed by atoms with E-state index in [4.69, 9.17) is 4.74 Å². The fourth-order valence-electron chi connectivity index (χ4n) is 4.93. The van der Waals surface area contributed by atoms with E-state index in [0.717, 1.165) is 24.1 Å². The van der Waals surface area contributed by atoms with Crippen molar-refractivity contribution in [2.45, 2.75) is 44.0 Å². The molecular formula is C25H22N4O4. The third-order valence-electron chi connectivity index (χ3n) is 6.57. The van der Waals surface area contributed by atoms with Gasteiger partial charge >= 0.3 is 5.97 Å². The van der Waals surface area contributed by atoms with Crippen molar-refractivity contribution in [3.8, 4) is 5.69 Å². The minimum absolute atomic E-state index is 0.00376. The summed E-state index contributed by atoms with van der Waals surface area (Å²) in [6.45, 7) is 0.00376. The third kappa shape index (κ3) is 2.97. The lowest BCUT2D eigenvalue weighted by atomic mass is 9.96. The second-order valence-corrected chi connectivity index (χ2v) is 8.67. The van der Waals surface area contributed by atoms with Crippen LogP contribution in [0, 0.1) is 0 Å². The maximum atomic E-state index is 13.7. The van der Waals surface area contributed by atoms with Crippen LogP contribution in [0.3, 0.4) is 0 Å². The summed E-state index contributed by atoms with van der Waals surface area (Å²) in [5, 5.41) is 4.35. The number of amides is 2. The maximum Gasteiger partial charge on any atom is 0.354 e. The van der Waals surface area contributed by atoms with Gasteiger partial charge in [-0.05, 0) is 37.1 Å². The van der Waals surface area contributed by atoms with Crippen molar-refractivity contribution in [2.75, 3.05) is 4.90 Å². The van der Waals surface area contributed by atoms with Crippen LogP contribution in [-0.2, 0) is 20.9 Å². The molecule has 0 radical (unpaired) electrons. The summed E-state index contributed by atoms with van der Waals surface area (Å²) in [5.74, 6) is -0.960. The number of esters is 1. The van der Waals surface area contributed by atoms with E-state index in [0.29, 0.717) is 11.3 Å². The molecule has 1 saturated carbocycles. The van der Waals surface area contributed by atoms with Crippen LogP contribution in [0.4, 0.5) is 5.69 Å². The Balaban J connectivity index is 1.32. The molecule has 3 heterocycles. The van der Waals surface area contributed by atoms with Crippen molar-refractivity contribution in [1.82, 2.24) is 14.7 Å².